The Morgan fingerprint density at radius 1 is 1.09 bits per heavy atom. The van der Waals surface area contributed by atoms with Crippen molar-refractivity contribution in [1.82, 2.24) is 25.5 Å². The van der Waals surface area contributed by atoms with E-state index in [2.05, 4.69) is 30.8 Å². The van der Waals surface area contributed by atoms with E-state index in [1.165, 1.54) is 0 Å². The number of imide groups is 1. The molecule has 2 aromatic rings. The van der Waals surface area contributed by atoms with Crippen LogP contribution < -0.4 is 20.9 Å². The first-order valence-corrected chi connectivity index (χ1v) is 10.9. The average Bonchev–Trinajstić information content (AvgIpc) is 3.14. The van der Waals surface area contributed by atoms with Gasteiger partial charge >= 0.3 is 0 Å². The average molecular weight is 435 g/mol. The molecule has 10 nitrogen and oxygen atoms in total. The Balaban J connectivity index is 1.22. The summed E-state index contributed by atoms with van der Waals surface area (Å²) in [5, 5.41) is 8.97. The van der Waals surface area contributed by atoms with Gasteiger partial charge in [-0.2, -0.15) is 0 Å². The quantitative estimate of drug-likeness (QED) is 0.572. The Hall–Kier alpha value is -3.53. The standard InChI is InChI=1S/C22H25N7O3/c30-19-4-3-18(20(31)27-19)29-13-15-9-14(1-2-17(15)21(29)32)10-24-16-11-25-22(26-12-16)28-7-5-23-6-8-28/h1-2,9,11-12,18,23-24H,3-8,10,13H2,(H,27,30,31). The predicted octanol–water partition coefficient (Wildman–Crippen LogP) is 0.259. The normalized spacial score (nSPS) is 20.9. The summed E-state index contributed by atoms with van der Waals surface area (Å²) in [5.74, 6) is -0.102. The fourth-order valence-corrected chi connectivity index (χ4v) is 4.38. The number of nitrogens with one attached hydrogen (secondary N) is 3. The Labute approximate surface area is 185 Å². The Morgan fingerprint density at radius 2 is 1.88 bits per heavy atom. The van der Waals surface area contributed by atoms with Crippen molar-refractivity contribution in [3.63, 3.8) is 0 Å². The number of rotatable bonds is 5. The van der Waals surface area contributed by atoms with E-state index in [-0.39, 0.29) is 18.2 Å². The number of nitrogens with zero attached hydrogens (tertiary/aromatic N) is 4. The highest BCUT2D eigenvalue weighted by molar-refractivity contribution is 6.05. The number of hydrogen-bond acceptors (Lipinski definition) is 8. The van der Waals surface area contributed by atoms with Gasteiger partial charge in [0, 0.05) is 51.3 Å². The Bertz CT molecular complexity index is 1050. The SMILES string of the molecule is O=C1CCC(N2Cc3cc(CNc4cnc(N5CCNCC5)nc4)ccc3C2=O)C(=O)N1. The molecule has 1 unspecified atom stereocenters. The highest BCUT2D eigenvalue weighted by atomic mass is 16.2. The second-order valence-electron chi connectivity index (χ2n) is 8.25. The topological polar surface area (TPSA) is 120 Å². The lowest BCUT2D eigenvalue weighted by atomic mass is 10.0. The smallest absolute Gasteiger partial charge is 0.255 e. The highest BCUT2D eigenvalue weighted by Gasteiger charge is 2.39. The van der Waals surface area contributed by atoms with E-state index in [1.54, 1.807) is 17.3 Å². The summed E-state index contributed by atoms with van der Waals surface area (Å²) in [4.78, 5) is 49.0. The first kappa shape index (κ1) is 20.4. The van der Waals surface area contributed by atoms with Gasteiger partial charge in [-0.1, -0.05) is 12.1 Å². The maximum atomic E-state index is 12.8. The number of carbonyl (C=O) groups is 3. The Morgan fingerprint density at radius 3 is 2.62 bits per heavy atom. The molecule has 4 heterocycles. The van der Waals surface area contributed by atoms with Crippen LogP contribution in [-0.4, -0.2) is 64.8 Å². The molecule has 1 aromatic carbocycles. The third kappa shape index (κ3) is 4.01. The summed E-state index contributed by atoms with van der Waals surface area (Å²) < 4.78 is 0. The van der Waals surface area contributed by atoms with Crippen LogP contribution in [0.15, 0.2) is 30.6 Å². The van der Waals surface area contributed by atoms with Crippen LogP contribution in [0, 0.1) is 0 Å². The minimum Gasteiger partial charge on any atom is -0.378 e. The van der Waals surface area contributed by atoms with Gasteiger partial charge in [0.15, 0.2) is 0 Å². The van der Waals surface area contributed by atoms with Crippen LogP contribution in [0.1, 0.15) is 34.3 Å². The van der Waals surface area contributed by atoms with Gasteiger partial charge in [-0.25, -0.2) is 9.97 Å². The van der Waals surface area contributed by atoms with Gasteiger partial charge in [0.25, 0.3) is 5.91 Å². The zero-order valence-electron chi connectivity index (χ0n) is 17.6. The van der Waals surface area contributed by atoms with Crippen LogP contribution in [0.4, 0.5) is 11.6 Å². The molecule has 10 heteroatoms. The lowest BCUT2D eigenvalue weighted by Crippen LogP contribution is -2.52. The summed E-state index contributed by atoms with van der Waals surface area (Å²) in [7, 11) is 0. The van der Waals surface area contributed by atoms with Crippen molar-refractivity contribution in [2.24, 2.45) is 0 Å². The molecule has 5 rings (SSSR count). The van der Waals surface area contributed by atoms with Gasteiger partial charge in [-0.15, -0.1) is 0 Å². The van der Waals surface area contributed by atoms with Crippen molar-refractivity contribution in [3.05, 3.63) is 47.3 Å². The third-order valence-corrected chi connectivity index (χ3v) is 6.12. The summed E-state index contributed by atoms with van der Waals surface area (Å²) in [6.45, 7) is 4.61. The first-order valence-electron chi connectivity index (χ1n) is 10.9. The highest BCUT2D eigenvalue weighted by Crippen LogP contribution is 2.28. The van der Waals surface area contributed by atoms with Crippen molar-refractivity contribution in [2.45, 2.75) is 32.0 Å². The molecule has 0 radical (unpaired) electrons. The van der Waals surface area contributed by atoms with Crippen LogP contribution in [0.2, 0.25) is 0 Å². The zero-order chi connectivity index (χ0) is 22.1. The van der Waals surface area contributed by atoms with Crippen LogP contribution in [-0.2, 0) is 22.7 Å². The summed E-state index contributed by atoms with van der Waals surface area (Å²) in [6, 6.07) is 5.11. The molecule has 0 saturated carbocycles. The van der Waals surface area contributed by atoms with Crippen molar-refractivity contribution < 1.29 is 14.4 Å². The molecule has 3 aliphatic rings. The van der Waals surface area contributed by atoms with Crippen LogP contribution in [0.5, 0.6) is 0 Å². The van der Waals surface area contributed by atoms with E-state index in [4.69, 9.17) is 0 Å². The number of hydrogen-bond donors (Lipinski definition) is 3. The maximum Gasteiger partial charge on any atom is 0.255 e. The predicted molar refractivity (Wildman–Crippen MR) is 117 cm³/mol. The largest absolute Gasteiger partial charge is 0.378 e. The van der Waals surface area contributed by atoms with Crippen molar-refractivity contribution in [1.29, 1.82) is 0 Å². The number of fused-ring (bicyclic) bond motifs is 1. The van der Waals surface area contributed by atoms with E-state index >= 15 is 0 Å². The molecular weight excluding hydrogens is 410 g/mol. The molecular formula is C22H25N7O3. The molecule has 166 valence electrons. The fourth-order valence-electron chi connectivity index (χ4n) is 4.38. The zero-order valence-corrected chi connectivity index (χ0v) is 17.6. The van der Waals surface area contributed by atoms with Gasteiger partial charge in [-0.3, -0.25) is 19.7 Å². The molecule has 1 aromatic heterocycles. The molecule has 3 N–H and O–H groups in total. The van der Waals surface area contributed by atoms with E-state index in [1.807, 2.05) is 18.2 Å². The second-order valence-corrected chi connectivity index (χ2v) is 8.25. The molecule has 0 bridgehead atoms. The minimum absolute atomic E-state index is 0.161. The summed E-state index contributed by atoms with van der Waals surface area (Å²) in [5.41, 5.74) is 3.35. The molecule has 2 fully saturated rings. The lowest BCUT2D eigenvalue weighted by molar-refractivity contribution is -0.136. The summed E-state index contributed by atoms with van der Waals surface area (Å²) >= 11 is 0. The van der Waals surface area contributed by atoms with Crippen molar-refractivity contribution >= 4 is 29.4 Å². The van der Waals surface area contributed by atoms with Crippen molar-refractivity contribution in [3.8, 4) is 0 Å². The molecule has 3 amide bonds. The van der Waals surface area contributed by atoms with Crippen molar-refractivity contribution in [2.75, 3.05) is 36.4 Å². The van der Waals surface area contributed by atoms with Crippen LogP contribution in [0.3, 0.4) is 0 Å². The fraction of sp³-hybridized carbons (Fsp3) is 0.409. The number of benzene rings is 1. The van der Waals surface area contributed by atoms with Gasteiger partial charge < -0.3 is 20.4 Å². The van der Waals surface area contributed by atoms with Crippen LogP contribution >= 0.6 is 0 Å². The first-order chi connectivity index (χ1) is 15.6. The number of piperazine rings is 1. The number of aromatic nitrogens is 2. The van der Waals surface area contributed by atoms with E-state index in [0.29, 0.717) is 25.1 Å². The van der Waals surface area contributed by atoms with E-state index in [0.717, 1.165) is 48.9 Å². The minimum atomic E-state index is -0.597. The van der Waals surface area contributed by atoms with Gasteiger partial charge in [0.1, 0.15) is 6.04 Å². The molecule has 0 spiro atoms. The number of amides is 3. The number of piperidine rings is 1. The maximum absolute atomic E-state index is 12.8. The number of anilines is 2. The molecule has 1 atom stereocenters. The van der Waals surface area contributed by atoms with E-state index < -0.39 is 11.9 Å². The van der Waals surface area contributed by atoms with Gasteiger partial charge in [0.2, 0.25) is 17.8 Å². The molecule has 2 saturated heterocycles. The van der Waals surface area contributed by atoms with E-state index in [9.17, 15) is 14.4 Å². The molecule has 32 heavy (non-hydrogen) atoms. The number of carbonyl (C=O) groups excluding carboxylic acids is 3. The second kappa shape index (κ2) is 8.54. The van der Waals surface area contributed by atoms with Gasteiger partial charge in [0.05, 0.1) is 18.1 Å². The van der Waals surface area contributed by atoms with Crippen LogP contribution in [0.25, 0.3) is 0 Å². The summed E-state index contributed by atoms with van der Waals surface area (Å²) in [6.07, 6.45) is 4.18. The molecule has 3 aliphatic heterocycles. The monoisotopic (exact) mass is 435 g/mol. The van der Waals surface area contributed by atoms with Gasteiger partial charge in [-0.05, 0) is 23.6 Å². The third-order valence-electron chi connectivity index (χ3n) is 6.12. The molecule has 0 aliphatic carbocycles. The Kier molecular flexibility index (Phi) is 5.44. The lowest BCUT2D eigenvalue weighted by Gasteiger charge is -2.29.